The van der Waals surface area contributed by atoms with Gasteiger partial charge in [0.15, 0.2) is 5.11 Å². The van der Waals surface area contributed by atoms with E-state index in [2.05, 4.69) is 76.2 Å². The molecule has 1 aliphatic heterocycles. The second kappa shape index (κ2) is 11.9. The van der Waals surface area contributed by atoms with Gasteiger partial charge in [-0.1, -0.05) is 43.3 Å². The molecule has 1 aliphatic rings. The molecule has 0 spiro atoms. The van der Waals surface area contributed by atoms with Gasteiger partial charge < -0.3 is 24.8 Å². The van der Waals surface area contributed by atoms with Gasteiger partial charge in [0, 0.05) is 36.2 Å². The summed E-state index contributed by atoms with van der Waals surface area (Å²) in [5.41, 5.74) is 7.52. The van der Waals surface area contributed by atoms with E-state index in [9.17, 15) is 4.79 Å². The first-order chi connectivity index (χ1) is 19.4. The number of pyridine rings is 1. The number of ether oxygens (including phenoxy) is 1. The Morgan fingerprint density at radius 2 is 1.82 bits per heavy atom. The molecule has 2 N–H and O–H groups in total. The van der Waals surface area contributed by atoms with Crippen LogP contribution in [0.1, 0.15) is 53.6 Å². The summed E-state index contributed by atoms with van der Waals surface area (Å²) in [5, 5.41) is 7.11. The van der Waals surface area contributed by atoms with Gasteiger partial charge >= 0.3 is 0 Å². The fourth-order valence-electron chi connectivity index (χ4n) is 5.65. The highest BCUT2D eigenvalue weighted by molar-refractivity contribution is 7.80. The summed E-state index contributed by atoms with van der Waals surface area (Å²) in [6.45, 7) is 6.95. The predicted molar refractivity (Wildman–Crippen MR) is 163 cm³/mol. The molecule has 2 unspecified atom stereocenters. The molecule has 0 bridgehead atoms. The van der Waals surface area contributed by atoms with Gasteiger partial charge in [0.1, 0.15) is 5.75 Å². The van der Waals surface area contributed by atoms with Gasteiger partial charge in [-0.2, -0.15) is 0 Å². The molecule has 1 amide bonds. The van der Waals surface area contributed by atoms with E-state index in [1.165, 1.54) is 11.3 Å². The Bertz CT molecular complexity index is 1520. The molecule has 1 fully saturated rings. The molecule has 206 valence electrons. The van der Waals surface area contributed by atoms with Crippen LogP contribution < -0.4 is 15.4 Å². The van der Waals surface area contributed by atoms with Crippen molar-refractivity contribution in [2.45, 2.75) is 45.7 Å². The number of rotatable bonds is 9. The first-order valence-electron chi connectivity index (χ1n) is 13.6. The summed E-state index contributed by atoms with van der Waals surface area (Å²) in [4.78, 5) is 19.9. The summed E-state index contributed by atoms with van der Waals surface area (Å²) < 4.78 is 7.72. The van der Waals surface area contributed by atoms with Crippen LogP contribution in [0.3, 0.4) is 0 Å². The van der Waals surface area contributed by atoms with E-state index in [1.54, 1.807) is 13.3 Å². The SMILES string of the molecule is CCc1ccccc1-n1c(C)cc(C2C(c3ccccn3)NC(=S)N2CCC(=O)Nc2ccccc2OC)c1C. The highest BCUT2D eigenvalue weighted by Crippen LogP contribution is 2.41. The Kier molecular flexibility index (Phi) is 8.16. The number of amides is 1. The number of anilines is 1. The van der Waals surface area contributed by atoms with E-state index in [0.717, 1.165) is 29.1 Å². The topological polar surface area (TPSA) is 71.4 Å². The third-order valence-corrected chi connectivity index (χ3v) is 7.91. The van der Waals surface area contributed by atoms with Crippen molar-refractivity contribution >= 4 is 28.9 Å². The molecular weight excluding hydrogens is 518 g/mol. The van der Waals surface area contributed by atoms with Crippen molar-refractivity contribution in [3.8, 4) is 11.4 Å². The second-order valence-corrected chi connectivity index (χ2v) is 10.3. The highest BCUT2D eigenvalue weighted by Gasteiger charge is 2.41. The maximum atomic E-state index is 13.0. The third-order valence-electron chi connectivity index (χ3n) is 7.56. The summed E-state index contributed by atoms with van der Waals surface area (Å²) in [7, 11) is 1.59. The van der Waals surface area contributed by atoms with Crippen LogP contribution in [0, 0.1) is 13.8 Å². The molecule has 5 rings (SSSR count). The summed E-state index contributed by atoms with van der Waals surface area (Å²) >= 11 is 5.86. The van der Waals surface area contributed by atoms with Crippen molar-refractivity contribution in [1.29, 1.82) is 0 Å². The van der Waals surface area contributed by atoms with E-state index < -0.39 is 0 Å². The summed E-state index contributed by atoms with van der Waals surface area (Å²) in [6, 6.07) is 23.9. The minimum atomic E-state index is -0.152. The number of carbonyl (C=O) groups is 1. The monoisotopic (exact) mass is 553 g/mol. The van der Waals surface area contributed by atoms with Crippen LogP contribution in [0.2, 0.25) is 0 Å². The normalized spacial score (nSPS) is 16.6. The summed E-state index contributed by atoms with van der Waals surface area (Å²) in [6.07, 6.45) is 3.02. The number of benzene rings is 2. The Balaban J connectivity index is 1.48. The largest absolute Gasteiger partial charge is 0.495 e. The number of hydrogen-bond acceptors (Lipinski definition) is 4. The standard InChI is InChI=1S/C32H35N5O2S/c1-5-23-12-6-8-15-27(23)37-21(2)20-24(22(37)3)31-30(26-14-10-11-18-33-26)35-32(40)36(31)19-17-29(38)34-25-13-7-9-16-28(25)39-4/h6-16,18,20,30-31H,5,17,19H2,1-4H3,(H,34,38)(H,35,40). The second-order valence-electron chi connectivity index (χ2n) is 9.96. The van der Waals surface area contributed by atoms with E-state index in [1.807, 2.05) is 42.5 Å². The minimum Gasteiger partial charge on any atom is -0.495 e. The molecule has 4 aromatic rings. The first-order valence-corrected chi connectivity index (χ1v) is 14.0. The van der Waals surface area contributed by atoms with Crippen molar-refractivity contribution in [3.05, 3.63) is 107 Å². The van der Waals surface area contributed by atoms with Crippen molar-refractivity contribution < 1.29 is 9.53 Å². The number of para-hydroxylation sites is 3. The maximum absolute atomic E-state index is 13.0. The number of hydrogen-bond donors (Lipinski definition) is 2. The van der Waals surface area contributed by atoms with E-state index >= 15 is 0 Å². The van der Waals surface area contributed by atoms with E-state index in [4.69, 9.17) is 17.0 Å². The third kappa shape index (κ3) is 5.31. The molecular formula is C32H35N5O2S. The van der Waals surface area contributed by atoms with E-state index in [-0.39, 0.29) is 24.4 Å². The molecule has 2 aromatic heterocycles. The molecule has 0 aliphatic carbocycles. The summed E-state index contributed by atoms with van der Waals surface area (Å²) in [5.74, 6) is 0.525. The Hall–Kier alpha value is -4.17. The zero-order valence-corrected chi connectivity index (χ0v) is 24.2. The van der Waals surface area contributed by atoms with Gasteiger partial charge in [-0.25, -0.2) is 0 Å². The minimum absolute atomic E-state index is 0.102. The molecule has 0 radical (unpaired) electrons. The molecule has 1 saturated heterocycles. The van der Waals surface area contributed by atoms with Crippen LogP contribution in [0.25, 0.3) is 5.69 Å². The number of nitrogens with one attached hydrogen (secondary N) is 2. The molecule has 3 heterocycles. The van der Waals surface area contributed by atoms with Gasteiger partial charge in [0.2, 0.25) is 5.91 Å². The molecule has 2 aromatic carbocycles. The lowest BCUT2D eigenvalue weighted by Gasteiger charge is -2.28. The molecule has 40 heavy (non-hydrogen) atoms. The number of methoxy groups -OCH3 is 1. The van der Waals surface area contributed by atoms with Crippen molar-refractivity contribution in [2.24, 2.45) is 0 Å². The fourth-order valence-corrected chi connectivity index (χ4v) is 5.98. The molecule has 8 heteroatoms. The average molecular weight is 554 g/mol. The number of aromatic nitrogens is 2. The van der Waals surface area contributed by atoms with Crippen molar-refractivity contribution in [2.75, 3.05) is 19.0 Å². The average Bonchev–Trinajstić information content (AvgIpc) is 3.46. The van der Waals surface area contributed by atoms with E-state index in [0.29, 0.717) is 23.1 Å². The van der Waals surface area contributed by atoms with Gasteiger partial charge in [-0.15, -0.1) is 0 Å². The zero-order valence-electron chi connectivity index (χ0n) is 23.3. The van der Waals surface area contributed by atoms with Crippen LogP contribution in [0.4, 0.5) is 5.69 Å². The molecule has 7 nitrogen and oxygen atoms in total. The number of nitrogens with zero attached hydrogens (tertiary/aromatic N) is 3. The lowest BCUT2D eigenvalue weighted by molar-refractivity contribution is -0.116. The van der Waals surface area contributed by atoms with Crippen LogP contribution in [-0.4, -0.2) is 39.1 Å². The molecule has 2 atom stereocenters. The van der Waals surface area contributed by atoms with Gasteiger partial charge in [0.25, 0.3) is 0 Å². The Morgan fingerprint density at radius 3 is 2.58 bits per heavy atom. The number of thiocarbonyl (C=S) groups is 1. The Labute approximate surface area is 241 Å². The van der Waals surface area contributed by atoms with Crippen molar-refractivity contribution in [1.82, 2.24) is 19.8 Å². The number of aryl methyl sites for hydroxylation is 2. The number of carbonyl (C=O) groups excluding carboxylic acids is 1. The lowest BCUT2D eigenvalue weighted by Crippen LogP contribution is -2.33. The lowest BCUT2D eigenvalue weighted by atomic mass is 9.96. The predicted octanol–water partition coefficient (Wildman–Crippen LogP) is 6.06. The maximum Gasteiger partial charge on any atom is 0.226 e. The van der Waals surface area contributed by atoms with Crippen LogP contribution in [0.15, 0.2) is 79.0 Å². The van der Waals surface area contributed by atoms with Gasteiger partial charge in [0.05, 0.1) is 30.6 Å². The highest BCUT2D eigenvalue weighted by atomic mass is 32.1. The van der Waals surface area contributed by atoms with Gasteiger partial charge in [-0.3, -0.25) is 9.78 Å². The van der Waals surface area contributed by atoms with Crippen LogP contribution >= 0.6 is 12.2 Å². The fraction of sp³-hybridized carbons (Fsp3) is 0.281. The quantitative estimate of drug-likeness (QED) is 0.246. The van der Waals surface area contributed by atoms with Crippen LogP contribution in [0.5, 0.6) is 5.75 Å². The van der Waals surface area contributed by atoms with Crippen molar-refractivity contribution in [3.63, 3.8) is 0 Å². The van der Waals surface area contributed by atoms with Gasteiger partial charge in [-0.05, 0) is 80.0 Å². The smallest absolute Gasteiger partial charge is 0.226 e. The first kappa shape index (κ1) is 27.4. The molecule has 0 saturated carbocycles. The Morgan fingerprint density at radius 1 is 1.07 bits per heavy atom. The zero-order chi connectivity index (χ0) is 28.2. The van der Waals surface area contributed by atoms with Crippen LogP contribution in [-0.2, 0) is 11.2 Å².